The van der Waals surface area contributed by atoms with Gasteiger partial charge in [0.25, 0.3) is 0 Å². The number of nitrogens with zero attached hydrogens (tertiary/aromatic N) is 3. The molecule has 2 heterocycles. The first kappa shape index (κ1) is 11.9. The third-order valence-electron chi connectivity index (χ3n) is 3.29. The highest BCUT2D eigenvalue weighted by molar-refractivity contribution is 5.81. The molecular weight excluding hydrogens is 234 g/mol. The Labute approximate surface area is 112 Å². The number of aromatic nitrogens is 3. The summed E-state index contributed by atoms with van der Waals surface area (Å²) in [6.07, 6.45) is 4.73. The van der Waals surface area contributed by atoms with Crippen LogP contribution in [0.3, 0.4) is 0 Å². The van der Waals surface area contributed by atoms with Crippen molar-refractivity contribution in [1.82, 2.24) is 14.5 Å². The number of hydrogen-bond acceptors (Lipinski definition) is 2. The predicted octanol–water partition coefficient (Wildman–Crippen LogP) is 3.82. The first-order valence-electron chi connectivity index (χ1n) is 6.67. The molecular formula is C16H17N3. The van der Waals surface area contributed by atoms with Gasteiger partial charge >= 0.3 is 0 Å². The second-order valence-electron chi connectivity index (χ2n) is 4.82. The van der Waals surface area contributed by atoms with E-state index < -0.39 is 0 Å². The molecule has 0 fully saturated rings. The lowest BCUT2D eigenvalue weighted by molar-refractivity contribution is 0.704. The van der Waals surface area contributed by atoms with Gasteiger partial charge in [-0.2, -0.15) is 0 Å². The van der Waals surface area contributed by atoms with E-state index in [0.29, 0.717) is 0 Å². The summed E-state index contributed by atoms with van der Waals surface area (Å²) < 4.78 is 2.30. The van der Waals surface area contributed by atoms with Crippen LogP contribution in [0.4, 0.5) is 0 Å². The van der Waals surface area contributed by atoms with Crippen LogP contribution in [-0.2, 0) is 6.54 Å². The molecule has 3 rings (SSSR count). The molecule has 0 aliphatic heterocycles. The van der Waals surface area contributed by atoms with Crippen molar-refractivity contribution in [2.75, 3.05) is 0 Å². The van der Waals surface area contributed by atoms with E-state index in [0.717, 1.165) is 29.9 Å². The molecule has 0 unspecified atom stereocenters. The summed E-state index contributed by atoms with van der Waals surface area (Å²) in [5, 5.41) is 0. The number of hydrogen-bond donors (Lipinski definition) is 0. The van der Waals surface area contributed by atoms with Crippen LogP contribution in [-0.4, -0.2) is 14.5 Å². The highest BCUT2D eigenvalue weighted by Gasteiger charge is 2.11. The van der Waals surface area contributed by atoms with E-state index in [1.807, 2.05) is 24.5 Å². The van der Waals surface area contributed by atoms with Crippen molar-refractivity contribution in [3.8, 4) is 11.4 Å². The van der Waals surface area contributed by atoms with Gasteiger partial charge < -0.3 is 4.57 Å². The van der Waals surface area contributed by atoms with E-state index in [2.05, 4.69) is 41.6 Å². The third kappa shape index (κ3) is 2.12. The highest BCUT2D eigenvalue weighted by Crippen LogP contribution is 2.25. The quantitative estimate of drug-likeness (QED) is 0.708. The number of imidazole rings is 1. The first-order chi connectivity index (χ1) is 9.29. The Kier molecular flexibility index (Phi) is 3.03. The lowest BCUT2D eigenvalue weighted by atomic mass is 10.2. The molecule has 0 N–H and O–H groups in total. The van der Waals surface area contributed by atoms with Crippen molar-refractivity contribution >= 4 is 11.0 Å². The molecule has 0 saturated carbocycles. The molecule has 0 atom stereocenters. The van der Waals surface area contributed by atoms with E-state index in [-0.39, 0.29) is 0 Å². The minimum absolute atomic E-state index is 0.983. The summed E-state index contributed by atoms with van der Waals surface area (Å²) >= 11 is 0. The molecule has 3 aromatic rings. The predicted molar refractivity (Wildman–Crippen MR) is 78.0 cm³/mol. The molecule has 0 amide bonds. The Morgan fingerprint density at radius 2 is 1.89 bits per heavy atom. The van der Waals surface area contributed by atoms with Crippen molar-refractivity contribution in [2.24, 2.45) is 0 Å². The molecule has 96 valence electrons. The van der Waals surface area contributed by atoms with Crippen molar-refractivity contribution in [1.29, 1.82) is 0 Å². The van der Waals surface area contributed by atoms with Gasteiger partial charge in [-0.05, 0) is 43.2 Å². The van der Waals surface area contributed by atoms with Gasteiger partial charge in [0, 0.05) is 24.5 Å². The van der Waals surface area contributed by atoms with Crippen LogP contribution >= 0.6 is 0 Å². The summed E-state index contributed by atoms with van der Waals surface area (Å²) in [4.78, 5) is 8.88. The summed E-state index contributed by atoms with van der Waals surface area (Å²) in [5.41, 5.74) is 4.65. The monoisotopic (exact) mass is 251 g/mol. The SMILES string of the molecule is CCCn1c(-c2ccncc2)nc2cc(C)ccc21. The van der Waals surface area contributed by atoms with Crippen molar-refractivity contribution < 1.29 is 0 Å². The fourth-order valence-corrected chi connectivity index (χ4v) is 2.41. The van der Waals surface area contributed by atoms with Crippen LogP contribution in [0.1, 0.15) is 18.9 Å². The molecule has 0 radical (unpaired) electrons. The Morgan fingerprint density at radius 1 is 1.11 bits per heavy atom. The second-order valence-corrected chi connectivity index (χ2v) is 4.82. The zero-order chi connectivity index (χ0) is 13.2. The molecule has 3 heteroatoms. The van der Waals surface area contributed by atoms with Gasteiger partial charge in [-0.3, -0.25) is 4.98 Å². The largest absolute Gasteiger partial charge is 0.324 e. The Hall–Kier alpha value is -2.16. The Balaban J connectivity index is 2.26. The zero-order valence-electron chi connectivity index (χ0n) is 11.3. The zero-order valence-corrected chi connectivity index (χ0v) is 11.3. The van der Waals surface area contributed by atoms with Crippen LogP contribution < -0.4 is 0 Å². The van der Waals surface area contributed by atoms with Crippen LogP contribution in [0.2, 0.25) is 0 Å². The number of fused-ring (bicyclic) bond motifs is 1. The second kappa shape index (κ2) is 4.84. The molecule has 0 spiro atoms. The van der Waals surface area contributed by atoms with Gasteiger partial charge in [0.1, 0.15) is 5.82 Å². The fraction of sp³-hybridized carbons (Fsp3) is 0.250. The van der Waals surface area contributed by atoms with Gasteiger partial charge in [-0.15, -0.1) is 0 Å². The lowest BCUT2D eigenvalue weighted by Crippen LogP contribution is -1.99. The normalized spacial score (nSPS) is 11.1. The topological polar surface area (TPSA) is 30.7 Å². The number of pyridine rings is 1. The molecule has 0 bridgehead atoms. The molecule has 1 aromatic carbocycles. The summed E-state index contributed by atoms with van der Waals surface area (Å²) in [6, 6.07) is 10.5. The van der Waals surface area contributed by atoms with Crippen LogP contribution in [0.5, 0.6) is 0 Å². The van der Waals surface area contributed by atoms with Crippen LogP contribution in [0.25, 0.3) is 22.4 Å². The maximum Gasteiger partial charge on any atom is 0.141 e. The summed E-state index contributed by atoms with van der Waals surface area (Å²) in [7, 11) is 0. The number of rotatable bonds is 3. The van der Waals surface area contributed by atoms with Gasteiger partial charge in [0.15, 0.2) is 0 Å². The third-order valence-corrected chi connectivity index (χ3v) is 3.29. The Bertz CT molecular complexity index is 699. The molecule has 3 nitrogen and oxygen atoms in total. The van der Waals surface area contributed by atoms with Gasteiger partial charge in [0.05, 0.1) is 11.0 Å². The first-order valence-corrected chi connectivity index (χ1v) is 6.67. The average Bonchev–Trinajstić information content (AvgIpc) is 2.78. The minimum Gasteiger partial charge on any atom is -0.324 e. The molecule has 0 aliphatic carbocycles. The lowest BCUT2D eigenvalue weighted by Gasteiger charge is -2.07. The minimum atomic E-state index is 0.983. The molecule has 19 heavy (non-hydrogen) atoms. The molecule has 0 saturated heterocycles. The molecule has 2 aromatic heterocycles. The highest BCUT2D eigenvalue weighted by atomic mass is 15.1. The van der Waals surface area contributed by atoms with Crippen molar-refractivity contribution in [3.05, 3.63) is 48.3 Å². The average molecular weight is 251 g/mol. The maximum absolute atomic E-state index is 4.80. The summed E-state index contributed by atoms with van der Waals surface area (Å²) in [6.45, 7) is 5.28. The van der Waals surface area contributed by atoms with Crippen molar-refractivity contribution in [3.63, 3.8) is 0 Å². The van der Waals surface area contributed by atoms with E-state index in [1.54, 1.807) is 0 Å². The Morgan fingerprint density at radius 3 is 2.63 bits per heavy atom. The molecule has 0 aliphatic rings. The van der Waals surface area contributed by atoms with Crippen LogP contribution in [0.15, 0.2) is 42.7 Å². The van der Waals surface area contributed by atoms with E-state index >= 15 is 0 Å². The van der Waals surface area contributed by atoms with Crippen molar-refractivity contribution in [2.45, 2.75) is 26.8 Å². The van der Waals surface area contributed by atoms with E-state index in [1.165, 1.54) is 11.1 Å². The van der Waals surface area contributed by atoms with Gasteiger partial charge in [-0.25, -0.2) is 4.98 Å². The number of aryl methyl sites for hydroxylation is 2. The van der Waals surface area contributed by atoms with E-state index in [4.69, 9.17) is 4.98 Å². The number of benzene rings is 1. The van der Waals surface area contributed by atoms with Gasteiger partial charge in [-0.1, -0.05) is 13.0 Å². The fourth-order valence-electron chi connectivity index (χ4n) is 2.41. The maximum atomic E-state index is 4.80. The van der Waals surface area contributed by atoms with E-state index in [9.17, 15) is 0 Å². The van der Waals surface area contributed by atoms with Crippen LogP contribution in [0, 0.1) is 6.92 Å². The smallest absolute Gasteiger partial charge is 0.141 e. The standard InChI is InChI=1S/C16H17N3/c1-3-10-19-15-5-4-12(2)11-14(15)18-16(19)13-6-8-17-9-7-13/h4-9,11H,3,10H2,1-2H3. The van der Waals surface area contributed by atoms with Gasteiger partial charge in [0.2, 0.25) is 0 Å². The summed E-state index contributed by atoms with van der Waals surface area (Å²) in [5.74, 6) is 1.03.